The van der Waals surface area contributed by atoms with Crippen molar-refractivity contribution in [2.75, 3.05) is 13.8 Å². The molecule has 9 heteroatoms. The molecule has 0 aliphatic carbocycles. The zero-order chi connectivity index (χ0) is 20.5. The van der Waals surface area contributed by atoms with Gasteiger partial charge in [-0.05, 0) is 30.7 Å². The van der Waals surface area contributed by atoms with Gasteiger partial charge in [0.2, 0.25) is 18.6 Å². The minimum absolute atomic E-state index is 0.0860. The molecule has 3 aromatic rings. The summed E-state index contributed by atoms with van der Waals surface area (Å²) in [4.78, 5) is 27.5. The highest BCUT2D eigenvalue weighted by Crippen LogP contribution is 2.33. The summed E-state index contributed by atoms with van der Waals surface area (Å²) in [7, 11) is 1.59. The summed E-state index contributed by atoms with van der Waals surface area (Å²) in [5, 5.41) is 7.82. The molecule has 0 saturated heterocycles. The Labute approximate surface area is 166 Å². The number of aryl methyl sites for hydroxylation is 2. The second-order valence-corrected chi connectivity index (χ2v) is 6.69. The number of aromatic nitrogens is 3. The van der Waals surface area contributed by atoms with Gasteiger partial charge in [-0.2, -0.15) is 0 Å². The van der Waals surface area contributed by atoms with Crippen LogP contribution in [0.1, 0.15) is 34.6 Å². The van der Waals surface area contributed by atoms with Gasteiger partial charge in [0, 0.05) is 25.7 Å². The Bertz CT molecular complexity index is 1130. The topological polar surface area (TPSA) is 99.7 Å². The molecule has 29 heavy (non-hydrogen) atoms. The van der Waals surface area contributed by atoms with Gasteiger partial charge in [-0.15, -0.1) is 10.2 Å². The molecule has 1 aliphatic rings. The van der Waals surface area contributed by atoms with Gasteiger partial charge in [0.1, 0.15) is 5.56 Å². The zero-order valence-corrected chi connectivity index (χ0v) is 16.3. The van der Waals surface area contributed by atoms with Crippen LogP contribution in [0.15, 0.2) is 39.7 Å². The highest BCUT2D eigenvalue weighted by atomic mass is 16.7. The molecular formula is C20H20N4O5. The molecule has 150 valence electrons. The van der Waals surface area contributed by atoms with Gasteiger partial charge >= 0.3 is 0 Å². The summed E-state index contributed by atoms with van der Waals surface area (Å²) in [6.07, 6.45) is 2.25. The third kappa shape index (κ3) is 3.46. The first-order valence-corrected chi connectivity index (χ1v) is 9.17. The molecule has 0 spiro atoms. The maximum atomic E-state index is 13.1. The highest BCUT2D eigenvalue weighted by molar-refractivity contribution is 5.95. The van der Waals surface area contributed by atoms with Crippen LogP contribution in [0, 0.1) is 6.92 Å². The van der Waals surface area contributed by atoms with E-state index in [9.17, 15) is 9.59 Å². The number of amides is 1. The normalized spacial score (nSPS) is 12.2. The lowest BCUT2D eigenvalue weighted by Crippen LogP contribution is -2.34. The summed E-state index contributed by atoms with van der Waals surface area (Å²) >= 11 is 0. The summed E-state index contributed by atoms with van der Waals surface area (Å²) in [6.45, 7) is 3.89. The van der Waals surface area contributed by atoms with Crippen LogP contribution in [0.25, 0.3) is 5.69 Å². The minimum Gasteiger partial charge on any atom is -0.454 e. The quantitative estimate of drug-likeness (QED) is 0.651. The average molecular weight is 396 g/mol. The third-order valence-corrected chi connectivity index (χ3v) is 4.68. The monoisotopic (exact) mass is 396 g/mol. The molecule has 4 rings (SSSR count). The van der Waals surface area contributed by atoms with Crippen LogP contribution in [0.4, 0.5) is 0 Å². The number of carbonyl (C=O) groups is 1. The Morgan fingerprint density at radius 2 is 1.93 bits per heavy atom. The Morgan fingerprint density at radius 3 is 2.69 bits per heavy atom. The van der Waals surface area contributed by atoms with Gasteiger partial charge in [0.15, 0.2) is 11.5 Å². The van der Waals surface area contributed by atoms with E-state index in [-0.39, 0.29) is 18.9 Å². The molecule has 0 saturated carbocycles. The number of rotatable bonds is 5. The van der Waals surface area contributed by atoms with Crippen LogP contribution < -0.4 is 15.0 Å². The van der Waals surface area contributed by atoms with E-state index in [0.29, 0.717) is 41.0 Å². The Kier molecular flexibility index (Phi) is 4.79. The Morgan fingerprint density at radius 1 is 1.17 bits per heavy atom. The van der Waals surface area contributed by atoms with Gasteiger partial charge in [0.25, 0.3) is 11.5 Å². The van der Waals surface area contributed by atoms with E-state index >= 15 is 0 Å². The van der Waals surface area contributed by atoms with Crippen molar-refractivity contribution in [2.45, 2.75) is 26.8 Å². The largest absolute Gasteiger partial charge is 0.454 e. The van der Waals surface area contributed by atoms with Crippen LogP contribution in [-0.2, 0) is 13.0 Å². The number of ether oxygens (including phenoxy) is 2. The van der Waals surface area contributed by atoms with Crippen molar-refractivity contribution in [2.24, 2.45) is 0 Å². The molecule has 1 aromatic carbocycles. The molecule has 0 N–H and O–H groups in total. The van der Waals surface area contributed by atoms with Crippen LogP contribution in [-0.4, -0.2) is 39.4 Å². The number of benzene rings is 1. The third-order valence-electron chi connectivity index (χ3n) is 4.68. The maximum Gasteiger partial charge on any atom is 0.268 e. The van der Waals surface area contributed by atoms with Gasteiger partial charge in [-0.3, -0.25) is 14.2 Å². The van der Waals surface area contributed by atoms with Crippen molar-refractivity contribution in [3.05, 3.63) is 63.7 Å². The predicted molar refractivity (Wildman–Crippen MR) is 102 cm³/mol. The maximum absolute atomic E-state index is 13.1. The van der Waals surface area contributed by atoms with Crippen LogP contribution in [0.2, 0.25) is 0 Å². The van der Waals surface area contributed by atoms with E-state index in [2.05, 4.69) is 10.2 Å². The van der Waals surface area contributed by atoms with E-state index in [0.717, 1.165) is 0 Å². The zero-order valence-electron chi connectivity index (χ0n) is 16.3. The Hall–Kier alpha value is -3.62. The number of nitrogens with zero attached hydrogens (tertiary/aromatic N) is 4. The number of carbonyl (C=O) groups excluding carboxylic acids is 1. The fraction of sp³-hybridized carbons (Fsp3) is 0.300. The molecule has 0 atom stereocenters. The van der Waals surface area contributed by atoms with Crippen LogP contribution in [0.5, 0.6) is 11.5 Å². The SMILES string of the molecule is CCc1nnc(CN(C)C(=O)c2c(C)ccn(-c3ccc4c(c3)OCO4)c2=O)o1. The first-order chi connectivity index (χ1) is 14.0. The number of pyridine rings is 1. The van der Waals surface area contributed by atoms with E-state index in [4.69, 9.17) is 13.9 Å². The average Bonchev–Trinajstić information content (AvgIpc) is 3.36. The standard InChI is InChI=1S/C20H20N4O5/c1-4-16-21-22-17(29-16)10-23(3)19(25)18-12(2)7-8-24(20(18)26)13-5-6-14-15(9-13)28-11-27-14/h5-9H,4,10-11H2,1-3H3. The van der Waals surface area contributed by atoms with E-state index < -0.39 is 11.5 Å². The lowest BCUT2D eigenvalue weighted by atomic mass is 10.1. The van der Waals surface area contributed by atoms with Gasteiger partial charge in [-0.25, -0.2) is 0 Å². The predicted octanol–water partition coefficient (Wildman–Crippen LogP) is 2.09. The summed E-state index contributed by atoms with van der Waals surface area (Å²) in [5.41, 5.74) is 0.840. The van der Waals surface area contributed by atoms with Gasteiger partial charge < -0.3 is 18.8 Å². The van der Waals surface area contributed by atoms with E-state index in [1.165, 1.54) is 9.47 Å². The van der Waals surface area contributed by atoms with Crippen molar-refractivity contribution < 1.29 is 18.7 Å². The van der Waals surface area contributed by atoms with E-state index in [1.807, 2.05) is 6.92 Å². The summed E-state index contributed by atoms with van der Waals surface area (Å²) in [5.74, 6) is 1.59. The second kappa shape index (κ2) is 7.42. The van der Waals surface area contributed by atoms with Crippen molar-refractivity contribution in [1.82, 2.24) is 19.7 Å². The molecule has 1 aliphatic heterocycles. The molecule has 0 bridgehead atoms. The van der Waals surface area contributed by atoms with Crippen molar-refractivity contribution in [3.8, 4) is 17.2 Å². The lowest BCUT2D eigenvalue weighted by Gasteiger charge is -2.17. The van der Waals surface area contributed by atoms with Crippen molar-refractivity contribution in [1.29, 1.82) is 0 Å². The number of fused-ring (bicyclic) bond motifs is 1. The number of hydrogen-bond donors (Lipinski definition) is 0. The number of hydrogen-bond acceptors (Lipinski definition) is 7. The highest BCUT2D eigenvalue weighted by Gasteiger charge is 2.22. The minimum atomic E-state index is -0.418. The molecule has 2 aromatic heterocycles. The Balaban J connectivity index is 1.65. The fourth-order valence-electron chi connectivity index (χ4n) is 3.09. The second-order valence-electron chi connectivity index (χ2n) is 6.69. The van der Waals surface area contributed by atoms with E-state index in [1.54, 1.807) is 44.4 Å². The molecule has 9 nitrogen and oxygen atoms in total. The molecule has 0 unspecified atom stereocenters. The lowest BCUT2D eigenvalue weighted by molar-refractivity contribution is 0.0769. The van der Waals surface area contributed by atoms with Crippen LogP contribution in [0.3, 0.4) is 0 Å². The first kappa shape index (κ1) is 18.7. The molecule has 3 heterocycles. The van der Waals surface area contributed by atoms with Gasteiger partial charge in [-0.1, -0.05) is 6.92 Å². The summed E-state index contributed by atoms with van der Waals surface area (Å²) in [6, 6.07) is 6.92. The van der Waals surface area contributed by atoms with Crippen LogP contribution >= 0.6 is 0 Å². The van der Waals surface area contributed by atoms with Crippen molar-refractivity contribution in [3.63, 3.8) is 0 Å². The van der Waals surface area contributed by atoms with Crippen molar-refractivity contribution >= 4 is 5.91 Å². The summed E-state index contributed by atoms with van der Waals surface area (Å²) < 4.78 is 17.6. The molecule has 1 amide bonds. The smallest absolute Gasteiger partial charge is 0.268 e. The first-order valence-electron chi connectivity index (χ1n) is 9.17. The fourth-order valence-corrected chi connectivity index (χ4v) is 3.09. The molecular weight excluding hydrogens is 376 g/mol. The molecule has 0 fully saturated rings. The van der Waals surface area contributed by atoms with Gasteiger partial charge in [0.05, 0.1) is 12.2 Å². The molecule has 0 radical (unpaired) electrons.